The van der Waals surface area contributed by atoms with Crippen LogP contribution in [-0.2, 0) is 16.3 Å². The normalized spacial score (nSPS) is 21.5. The third-order valence-corrected chi connectivity index (χ3v) is 5.54. The van der Waals surface area contributed by atoms with Crippen LogP contribution in [0.2, 0.25) is 0 Å². The summed E-state index contributed by atoms with van der Waals surface area (Å²) >= 11 is 0. The SMILES string of the molecule is Cc1ccc(N(C)C2CCS(=O)(=O)C2)c(CCN)c1. The van der Waals surface area contributed by atoms with Gasteiger partial charge in [0.1, 0.15) is 0 Å². The van der Waals surface area contributed by atoms with E-state index < -0.39 is 9.84 Å². The van der Waals surface area contributed by atoms with Crippen molar-refractivity contribution in [3.05, 3.63) is 29.3 Å². The van der Waals surface area contributed by atoms with Crippen molar-refractivity contribution in [2.24, 2.45) is 5.73 Å². The van der Waals surface area contributed by atoms with Gasteiger partial charge in [0.15, 0.2) is 9.84 Å². The number of aryl methyl sites for hydroxylation is 1. The van der Waals surface area contributed by atoms with Gasteiger partial charge in [-0.2, -0.15) is 0 Å². The first-order valence-electron chi connectivity index (χ1n) is 6.66. The molecule has 1 fully saturated rings. The van der Waals surface area contributed by atoms with Crippen molar-refractivity contribution in [1.29, 1.82) is 0 Å². The molecule has 4 nitrogen and oxygen atoms in total. The molecule has 2 rings (SSSR count). The van der Waals surface area contributed by atoms with Crippen LogP contribution < -0.4 is 10.6 Å². The highest BCUT2D eigenvalue weighted by Crippen LogP contribution is 2.27. The molecule has 1 saturated heterocycles. The summed E-state index contributed by atoms with van der Waals surface area (Å²) in [7, 11) is -0.866. The number of nitrogens with zero attached hydrogens (tertiary/aromatic N) is 1. The standard InChI is InChI=1S/C14H22N2O2S/c1-11-3-4-14(12(9-11)5-7-15)16(2)13-6-8-19(17,18)10-13/h3-4,9,13H,5-8,10,15H2,1-2H3. The predicted molar refractivity (Wildman–Crippen MR) is 79.4 cm³/mol. The molecule has 0 aliphatic carbocycles. The van der Waals surface area contributed by atoms with E-state index in [1.165, 1.54) is 11.1 Å². The second kappa shape index (κ2) is 5.51. The van der Waals surface area contributed by atoms with E-state index in [0.717, 1.165) is 18.5 Å². The predicted octanol–water partition coefficient (Wildman–Crippen LogP) is 1.12. The molecule has 19 heavy (non-hydrogen) atoms. The van der Waals surface area contributed by atoms with E-state index in [1.54, 1.807) is 0 Å². The van der Waals surface area contributed by atoms with Crippen molar-refractivity contribution < 1.29 is 8.42 Å². The maximum absolute atomic E-state index is 11.6. The third kappa shape index (κ3) is 3.28. The van der Waals surface area contributed by atoms with Crippen molar-refractivity contribution in [2.45, 2.75) is 25.8 Å². The van der Waals surface area contributed by atoms with Gasteiger partial charge in [-0.15, -0.1) is 0 Å². The van der Waals surface area contributed by atoms with Gasteiger partial charge in [0.2, 0.25) is 0 Å². The van der Waals surface area contributed by atoms with Gasteiger partial charge >= 0.3 is 0 Å². The number of hydrogen-bond donors (Lipinski definition) is 1. The largest absolute Gasteiger partial charge is 0.370 e. The monoisotopic (exact) mass is 282 g/mol. The van der Waals surface area contributed by atoms with Crippen molar-refractivity contribution in [3.63, 3.8) is 0 Å². The minimum absolute atomic E-state index is 0.0873. The Morgan fingerprint density at radius 2 is 2.16 bits per heavy atom. The zero-order valence-corrected chi connectivity index (χ0v) is 12.4. The van der Waals surface area contributed by atoms with Gasteiger partial charge in [-0.1, -0.05) is 17.7 Å². The molecule has 0 spiro atoms. The average molecular weight is 282 g/mol. The van der Waals surface area contributed by atoms with Crippen LogP contribution in [0.1, 0.15) is 17.5 Å². The summed E-state index contributed by atoms with van der Waals surface area (Å²) in [5.74, 6) is 0.569. The Bertz CT molecular complexity index is 555. The van der Waals surface area contributed by atoms with E-state index >= 15 is 0 Å². The fraction of sp³-hybridized carbons (Fsp3) is 0.571. The lowest BCUT2D eigenvalue weighted by Gasteiger charge is -2.28. The summed E-state index contributed by atoms with van der Waals surface area (Å²) in [6.07, 6.45) is 1.54. The first kappa shape index (κ1) is 14.3. The maximum atomic E-state index is 11.6. The quantitative estimate of drug-likeness (QED) is 0.899. The second-order valence-corrected chi connectivity index (χ2v) is 7.57. The molecule has 0 aromatic heterocycles. The molecule has 0 radical (unpaired) electrons. The van der Waals surface area contributed by atoms with Crippen LogP contribution in [0.4, 0.5) is 5.69 Å². The fourth-order valence-corrected chi connectivity index (χ4v) is 4.47. The number of sulfone groups is 1. The lowest BCUT2D eigenvalue weighted by Crippen LogP contribution is -2.33. The Labute approximate surface area is 115 Å². The first-order valence-corrected chi connectivity index (χ1v) is 8.48. The Morgan fingerprint density at radius 3 is 2.74 bits per heavy atom. The number of benzene rings is 1. The minimum atomic E-state index is -2.85. The van der Waals surface area contributed by atoms with Crippen LogP contribution in [0.3, 0.4) is 0 Å². The topological polar surface area (TPSA) is 63.4 Å². The Balaban J connectivity index is 2.26. The molecular formula is C14H22N2O2S. The molecule has 1 atom stereocenters. The van der Waals surface area contributed by atoms with Gasteiger partial charge < -0.3 is 10.6 Å². The van der Waals surface area contributed by atoms with Crippen LogP contribution >= 0.6 is 0 Å². The molecule has 1 aromatic rings. The molecule has 1 aliphatic heterocycles. The summed E-state index contributed by atoms with van der Waals surface area (Å²) in [6, 6.07) is 6.37. The van der Waals surface area contributed by atoms with Crippen LogP contribution in [0.15, 0.2) is 18.2 Å². The van der Waals surface area contributed by atoms with E-state index in [-0.39, 0.29) is 11.8 Å². The first-order chi connectivity index (χ1) is 8.93. The summed E-state index contributed by atoms with van der Waals surface area (Å²) in [4.78, 5) is 2.11. The second-order valence-electron chi connectivity index (χ2n) is 5.34. The molecule has 2 N–H and O–H groups in total. The van der Waals surface area contributed by atoms with Gasteiger partial charge in [-0.05, 0) is 37.9 Å². The summed E-state index contributed by atoms with van der Waals surface area (Å²) in [5, 5.41) is 0. The Morgan fingerprint density at radius 1 is 1.42 bits per heavy atom. The minimum Gasteiger partial charge on any atom is -0.370 e. The molecule has 5 heteroatoms. The van der Waals surface area contributed by atoms with Gasteiger partial charge in [-0.3, -0.25) is 0 Å². The maximum Gasteiger partial charge on any atom is 0.152 e. The van der Waals surface area contributed by atoms with Crippen molar-refractivity contribution >= 4 is 15.5 Å². The summed E-state index contributed by atoms with van der Waals surface area (Å²) in [6.45, 7) is 2.66. The molecule has 0 amide bonds. The van der Waals surface area contributed by atoms with E-state index in [9.17, 15) is 8.42 Å². The molecule has 1 aromatic carbocycles. The van der Waals surface area contributed by atoms with Gasteiger partial charge in [0.05, 0.1) is 11.5 Å². The van der Waals surface area contributed by atoms with Crippen LogP contribution in [0.5, 0.6) is 0 Å². The number of anilines is 1. The highest BCUT2D eigenvalue weighted by atomic mass is 32.2. The number of hydrogen-bond acceptors (Lipinski definition) is 4. The highest BCUT2D eigenvalue weighted by Gasteiger charge is 2.31. The van der Waals surface area contributed by atoms with Gasteiger partial charge in [0, 0.05) is 18.8 Å². The number of nitrogens with two attached hydrogens (primary N) is 1. The molecular weight excluding hydrogens is 260 g/mol. The molecule has 0 saturated carbocycles. The summed E-state index contributed by atoms with van der Waals surface area (Å²) < 4.78 is 23.2. The average Bonchev–Trinajstić information content (AvgIpc) is 2.70. The number of rotatable bonds is 4. The Hall–Kier alpha value is -1.07. The molecule has 0 bridgehead atoms. The third-order valence-electron chi connectivity index (χ3n) is 3.78. The van der Waals surface area contributed by atoms with Gasteiger partial charge in [-0.25, -0.2) is 8.42 Å². The zero-order chi connectivity index (χ0) is 14.0. The lowest BCUT2D eigenvalue weighted by molar-refractivity contribution is 0.600. The molecule has 1 heterocycles. The summed E-state index contributed by atoms with van der Waals surface area (Å²) in [5.41, 5.74) is 9.18. The van der Waals surface area contributed by atoms with E-state index in [1.807, 2.05) is 7.05 Å². The molecule has 1 unspecified atom stereocenters. The van der Waals surface area contributed by atoms with Crippen LogP contribution in [0, 0.1) is 6.92 Å². The van der Waals surface area contributed by atoms with E-state index in [0.29, 0.717) is 12.3 Å². The van der Waals surface area contributed by atoms with Crippen molar-refractivity contribution in [2.75, 3.05) is 30.0 Å². The highest BCUT2D eigenvalue weighted by molar-refractivity contribution is 7.91. The van der Waals surface area contributed by atoms with Crippen molar-refractivity contribution in [1.82, 2.24) is 0 Å². The van der Waals surface area contributed by atoms with Crippen LogP contribution in [0.25, 0.3) is 0 Å². The lowest BCUT2D eigenvalue weighted by atomic mass is 10.0. The van der Waals surface area contributed by atoms with Gasteiger partial charge in [0.25, 0.3) is 0 Å². The molecule has 106 valence electrons. The van der Waals surface area contributed by atoms with Crippen LogP contribution in [-0.4, -0.2) is 39.6 Å². The smallest absolute Gasteiger partial charge is 0.152 e. The molecule has 1 aliphatic rings. The van der Waals surface area contributed by atoms with Crippen molar-refractivity contribution in [3.8, 4) is 0 Å². The Kier molecular flexibility index (Phi) is 4.16. The van der Waals surface area contributed by atoms with E-state index in [2.05, 4.69) is 30.0 Å². The fourth-order valence-electron chi connectivity index (χ4n) is 2.69. The van der Waals surface area contributed by atoms with E-state index in [4.69, 9.17) is 5.73 Å². The zero-order valence-electron chi connectivity index (χ0n) is 11.6.